The van der Waals surface area contributed by atoms with Gasteiger partial charge in [0.2, 0.25) is 5.60 Å². The van der Waals surface area contributed by atoms with Gasteiger partial charge in [-0.1, -0.05) is 13.8 Å². The number of aliphatic hydroxyl groups is 1. The number of esters is 2. The van der Waals surface area contributed by atoms with Crippen molar-refractivity contribution >= 4 is 11.9 Å². The largest absolute Gasteiger partial charge is 0.454 e. The van der Waals surface area contributed by atoms with E-state index in [0.717, 1.165) is 0 Å². The molecule has 2 unspecified atom stereocenters. The van der Waals surface area contributed by atoms with Crippen molar-refractivity contribution in [3.8, 4) is 0 Å². The van der Waals surface area contributed by atoms with Crippen LogP contribution < -0.4 is 0 Å². The number of rotatable bonds is 2. The highest BCUT2D eigenvalue weighted by Gasteiger charge is 2.77. The molecule has 2 aliphatic carbocycles. The number of fused-ring (bicyclic) bond motifs is 4. The fourth-order valence-corrected chi connectivity index (χ4v) is 6.10. The summed E-state index contributed by atoms with van der Waals surface area (Å²) in [5.74, 6) is -2.94. The predicted molar refractivity (Wildman–Crippen MR) is 103 cm³/mol. The van der Waals surface area contributed by atoms with E-state index in [-0.39, 0.29) is 5.97 Å². The quantitative estimate of drug-likeness (QED) is 0.638. The van der Waals surface area contributed by atoms with E-state index in [1.165, 1.54) is 0 Å². The topological polar surface area (TPSA) is 110 Å². The molecule has 3 saturated heterocycles. The Bertz CT molecular complexity index is 803. The number of aliphatic hydroxyl groups excluding tert-OH is 1. The SMILES string of the molecule is CC1(C)O[C@@H]2C(OC(=O)[C@@]34CC[C@@](C)(C(=O)O3)C4(C)C)[C@H]3OC(C)(C)O[C@H]3C(O)[C@H]2O1. The van der Waals surface area contributed by atoms with E-state index in [1.54, 1.807) is 27.7 Å². The van der Waals surface area contributed by atoms with Crippen LogP contribution in [0.1, 0.15) is 61.3 Å². The second-order valence-corrected chi connectivity index (χ2v) is 11.2. The smallest absolute Gasteiger partial charge is 0.351 e. The molecule has 2 saturated carbocycles. The molecule has 31 heavy (non-hydrogen) atoms. The van der Waals surface area contributed by atoms with Gasteiger partial charge in [-0.2, -0.15) is 0 Å². The third-order valence-electron chi connectivity index (χ3n) is 8.30. The molecule has 0 aromatic heterocycles. The van der Waals surface area contributed by atoms with E-state index in [9.17, 15) is 14.7 Å². The summed E-state index contributed by atoms with van der Waals surface area (Å²) in [6, 6.07) is 0. The van der Waals surface area contributed by atoms with Crippen LogP contribution in [-0.2, 0) is 38.0 Å². The summed E-state index contributed by atoms with van der Waals surface area (Å²) in [4.78, 5) is 26.2. The molecule has 8 atom stereocenters. The Kier molecular flexibility index (Phi) is 4.17. The minimum Gasteiger partial charge on any atom is -0.454 e. The summed E-state index contributed by atoms with van der Waals surface area (Å²) >= 11 is 0. The lowest BCUT2D eigenvalue weighted by molar-refractivity contribution is -0.213. The van der Waals surface area contributed by atoms with Crippen LogP contribution >= 0.6 is 0 Å². The number of ether oxygens (including phenoxy) is 6. The highest BCUT2D eigenvalue weighted by Crippen LogP contribution is 2.66. The lowest BCUT2D eigenvalue weighted by atomic mass is 9.66. The van der Waals surface area contributed by atoms with E-state index < -0.39 is 70.6 Å². The maximum atomic E-state index is 13.6. The highest BCUT2D eigenvalue weighted by molar-refractivity contribution is 5.93. The summed E-state index contributed by atoms with van der Waals surface area (Å²) in [6.45, 7) is 12.5. The summed E-state index contributed by atoms with van der Waals surface area (Å²) < 4.78 is 35.7. The Morgan fingerprint density at radius 2 is 1.35 bits per heavy atom. The molecule has 3 aliphatic heterocycles. The van der Waals surface area contributed by atoms with Gasteiger partial charge in [-0.3, -0.25) is 4.79 Å². The molecule has 9 nitrogen and oxygen atoms in total. The van der Waals surface area contributed by atoms with Gasteiger partial charge in [0.15, 0.2) is 17.7 Å². The lowest BCUT2D eigenvalue weighted by Gasteiger charge is -2.42. The molecule has 5 aliphatic rings. The van der Waals surface area contributed by atoms with Crippen LogP contribution in [0.5, 0.6) is 0 Å². The van der Waals surface area contributed by atoms with E-state index in [4.69, 9.17) is 28.4 Å². The van der Waals surface area contributed by atoms with Gasteiger partial charge in [-0.25, -0.2) is 4.79 Å². The van der Waals surface area contributed by atoms with Crippen molar-refractivity contribution in [1.29, 1.82) is 0 Å². The van der Waals surface area contributed by atoms with Gasteiger partial charge in [0.25, 0.3) is 0 Å². The molecule has 5 rings (SSSR count). The fraction of sp³-hybridized carbons (Fsp3) is 0.909. The number of carbonyl (C=O) groups is 2. The molecule has 9 heteroatoms. The van der Waals surface area contributed by atoms with Gasteiger partial charge in [0.1, 0.15) is 30.5 Å². The number of hydrogen-bond acceptors (Lipinski definition) is 9. The monoisotopic (exact) mass is 440 g/mol. The van der Waals surface area contributed by atoms with Crippen molar-refractivity contribution in [2.75, 3.05) is 0 Å². The summed E-state index contributed by atoms with van der Waals surface area (Å²) in [6.07, 6.45) is -3.98. The van der Waals surface area contributed by atoms with Crippen molar-refractivity contribution < 1.29 is 43.1 Å². The second-order valence-electron chi connectivity index (χ2n) is 11.2. The van der Waals surface area contributed by atoms with Gasteiger partial charge >= 0.3 is 11.9 Å². The summed E-state index contributed by atoms with van der Waals surface area (Å²) in [7, 11) is 0. The Labute approximate surface area is 181 Å². The predicted octanol–water partition coefficient (Wildman–Crippen LogP) is 1.43. The molecule has 0 aromatic rings. The molecule has 0 spiro atoms. The van der Waals surface area contributed by atoms with Gasteiger partial charge in [0, 0.05) is 5.41 Å². The Morgan fingerprint density at radius 1 is 0.871 bits per heavy atom. The van der Waals surface area contributed by atoms with Crippen LogP contribution in [0.2, 0.25) is 0 Å². The first-order valence-corrected chi connectivity index (χ1v) is 11.0. The molecule has 0 amide bonds. The second kappa shape index (κ2) is 5.99. The van der Waals surface area contributed by atoms with Crippen LogP contribution in [0.25, 0.3) is 0 Å². The lowest BCUT2D eigenvalue weighted by Crippen LogP contribution is -2.64. The van der Waals surface area contributed by atoms with Crippen molar-refractivity contribution in [1.82, 2.24) is 0 Å². The average molecular weight is 440 g/mol. The zero-order valence-corrected chi connectivity index (χ0v) is 19.1. The fourth-order valence-electron chi connectivity index (χ4n) is 6.10. The van der Waals surface area contributed by atoms with E-state index in [1.807, 2.05) is 20.8 Å². The average Bonchev–Trinajstić information content (AvgIpc) is 3.25. The maximum Gasteiger partial charge on any atom is 0.351 e. The van der Waals surface area contributed by atoms with Gasteiger partial charge in [0.05, 0.1) is 5.41 Å². The molecular weight excluding hydrogens is 408 g/mol. The molecule has 174 valence electrons. The van der Waals surface area contributed by atoms with Crippen LogP contribution in [-0.4, -0.2) is 70.8 Å². The van der Waals surface area contributed by atoms with Crippen molar-refractivity contribution in [2.45, 2.75) is 115 Å². The number of hydrogen-bond donors (Lipinski definition) is 1. The summed E-state index contributed by atoms with van der Waals surface area (Å²) in [5.41, 5.74) is -2.85. The molecule has 1 N–H and O–H groups in total. The Morgan fingerprint density at radius 3 is 1.77 bits per heavy atom. The van der Waals surface area contributed by atoms with Gasteiger partial charge in [-0.05, 0) is 47.5 Å². The Balaban J connectivity index is 1.48. The van der Waals surface area contributed by atoms with Crippen LogP contribution in [0, 0.1) is 10.8 Å². The van der Waals surface area contributed by atoms with Crippen molar-refractivity contribution in [3.63, 3.8) is 0 Å². The third-order valence-corrected chi connectivity index (χ3v) is 8.30. The van der Waals surface area contributed by atoms with E-state index in [0.29, 0.717) is 12.8 Å². The van der Waals surface area contributed by atoms with Crippen LogP contribution in [0.15, 0.2) is 0 Å². The molecule has 2 bridgehead atoms. The molecule has 0 radical (unpaired) electrons. The van der Waals surface area contributed by atoms with E-state index in [2.05, 4.69) is 0 Å². The van der Waals surface area contributed by atoms with E-state index >= 15 is 0 Å². The molecule has 3 heterocycles. The first-order chi connectivity index (χ1) is 14.1. The zero-order chi connectivity index (χ0) is 22.8. The first kappa shape index (κ1) is 21.6. The first-order valence-electron chi connectivity index (χ1n) is 11.0. The van der Waals surface area contributed by atoms with Crippen LogP contribution in [0.4, 0.5) is 0 Å². The molecule has 5 fully saturated rings. The Hall–Kier alpha value is -1.26. The van der Waals surface area contributed by atoms with Gasteiger partial charge in [-0.15, -0.1) is 0 Å². The third kappa shape index (κ3) is 2.61. The molecular formula is C22H32O9. The normalized spacial score (nSPS) is 50.6. The minimum absolute atomic E-state index is 0.376. The van der Waals surface area contributed by atoms with Gasteiger partial charge < -0.3 is 33.5 Å². The minimum atomic E-state index is -1.37. The number of carbonyl (C=O) groups excluding carboxylic acids is 2. The zero-order valence-electron chi connectivity index (χ0n) is 19.1. The van der Waals surface area contributed by atoms with Crippen LogP contribution in [0.3, 0.4) is 0 Å². The molecule has 0 aromatic carbocycles. The van der Waals surface area contributed by atoms with Crippen molar-refractivity contribution in [2.24, 2.45) is 10.8 Å². The maximum absolute atomic E-state index is 13.6. The van der Waals surface area contributed by atoms with Crippen molar-refractivity contribution in [3.05, 3.63) is 0 Å². The standard InChI is InChI=1S/C22H32O9/c1-18(2)21(7)8-9-22(18,31-16(21)24)17(25)26-13-14-11(27-19(3,4)29-14)10(23)12-15(13)30-20(5,6)28-12/h10-15,23H,8-9H2,1-7H3/t10?,11-,12+,13?,14-,15-,21-,22+/m0/s1. The summed E-state index contributed by atoms with van der Waals surface area (Å²) in [5, 5.41) is 10.9. The highest BCUT2D eigenvalue weighted by atomic mass is 16.8.